The second-order valence-electron chi connectivity index (χ2n) is 4.74. The molecule has 0 saturated carbocycles. The van der Waals surface area contributed by atoms with Gasteiger partial charge in [-0.2, -0.15) is 0 Å². The third kappa shape index (κ3) is 2.14. The zero-order valence-electron chi connectivity index (χ0n) is 10.6. The molecule has 18 heavy (non-hydrogen) atoms. The van der Waals surface area contributed by atoms with Crippen LogP contribution in [0.2, 0.25) is 0 Å². The van der Waals surface area contributed by atoms with E-state index in [0.29, 0.717) is 0 Å². The van der Waals surface area contributed by atoms with E-state index in [1.165, 1.54) is 16.7 Å². The molecule has 0 aliphatic carbocycles. The molecule has 0 amide bonds. The summed E-state index contributed by atoms with van der Waals surface area (Å²) in [6.07, 6.45) is 0.744. The molecule has 2 nitrogen and oxygen atoms in total. The zero-order valence-corrected chi connectivity index (χ0v) is 10.6. The summed E-state index contributed by atoms with van der Waals surface area (Å²) in [4.78, 5) is 4.52. The van der Waals surface area contributed by atoms with Gasteiger partial charge < -0.3 is 4.42 Å². The molecule has 0 aliphatic rings. The van der Waals surface area contributed by atoms with E-state index in [4.69, 9.17) is 4.42 Å². The van der Waals surface area contributed by atoms with Crippen molar-refractivity contribution in [2.45, 2.75) is 20.3 Å². The Morgan fingerprint density at radius 2 is 1.67 bits per heavy atom. The number of nitrogens with zero attached hydrogens (tertiary/aromatic N) is 1. The average molecular weight is 237 g/mol. The first kappa shape index (κ1) is 11.0. The molecule has 2 aromatic carbocycles. The second kappa shape index (κ2) is 4.30. The molecule has 0 unspecified atom stereocenters. The van der Waals surface area contributed by atoms with E-state index >= 15 is 0 Å². The number of aryl methyl sites for hydroxylation is 2. The van der Waals surface area contributed by atoms with Crippen LogP contribution in [0.3, 0.4) is 0 Å². The number of fused-ring (bicyclic) bond motifs is 1. The Morgan fingerprint density at radius 3 is 2.44 bits per heavy atom. The summed E-state index contributed by atoms with van der Waals surface area (Å²) in [5.41, 5.74) is 5.51. The SMILES string of the molecule is Cc1ccc(Cc2nc3cc(C)ccc3o2)cc1. The van der Waals surface area contributed by atoms with Gasteiger partial charge in [0.15, 0.2) is 11.5 Å². The van der Waals surface area contributed by atoms with Crippen molar-refractivity contribution >= 4 is 11.1 Å². The van der Waals surface area contributed by atoms with E-state index in [2.05, 4.69) is 49.2 Å². The lowest BCUT2D eigenvalue weighted by Gasteiger charge is -1.97. The Hall–Kier alpha value is -2.09. The van der Waals surface area contributed by atoms with E-state index in [1.807, 2.05) is 12.1 Å². The molecule has 0 atom stereocenters. The van der Waals surface area contributed by atoms with E-state index in [0.717, 1.165) is 23.4 Å². The first-order valence-corrected chi connectivity index (χ1v) is 6.12. The Morgan fingerprint density at radius 1 is 0.944 bits per heavy atom. The lowest BCUT2D eigenvalue weighted by Crippen LogP contribution is -1.87. The first-order chi connectivity index (χ1) is 8.70. The number of rotatable bonds is 2. The van der Waals surface area contributed by atoms with Gasteiger partial charge >= 0.3 is 0 Å². The second-order valence-corrected chi connectivity index (χ2v) is 4.74. The molecule has 0 bridgehead atoms. The molecule has 0 fully saturated rings. The summed E-state index contributed by atoms with van der Waals surface area (Å²) in [5, 5.41) is 0. The van der Waals surface area contributed by atoms with Crippen LogP contribution in [0.5, 0.6) is 0 Å². The molecule has 90 valence electrons. The minimum atomic E-state index is 0.744. The fraction of sp³-hybridized carbons (Fsp3) is 0.188. The largest absolute Gasteiger partial charge is 0.440 e. The van der Waals surface area contributed by atoms with E-state index in [-0.39, 0.29) is 0 Å². The molecular formula is C16H15NO. The number of benzene rings is 2. The summed E-state index contributed by atoms with van der Waals surface area (Å²) < 4.78 is 5.75. The van der Waals surface area contributed by atoms with Crippen LogP contribution in [0.1, 0.15) is 22.6 Å². The lowest BCUT2D eigenvalue weighted by atomic mass is 10.1. The van der Waals surface area contributed by atoms with Crippen molar-refractivity contribution in [3.05, 3.63) is 65.0 Å². The van der Waals surface area contributed by atoms with Crippen LogP contribution in [0, 0.1) is 13.8 Å². The molecular weight excluding hydrogens is 222 g/mol. The quantitative estimate of drug-likeness (QED) is 0.672. The van der Waals surface area contributed by atoms with Gasteiger partial charge in [-0.05, 0) is 37.1 Å². The molecule has 1 aromatic heterocycles. The lowest BCUT2D eigenvalue weighted by molar-refractivity contribution is 0.544. The number of oxazole rings is 1. The summed E-state index contributed by atoms with van der Waals surface area (Å²) in [7, 11) is 0. The summed E-state index contributed by atoms with van der Waals surface area (Å²) >= 11 is 0. The highest BCUT2D eigenvalue weighted by molar-refractivity contribution is 5.73. The van der Waals surface area contributed by atoms with Gasteiger partial charge in [-0.1, -0.05) is 35.9 Å². The van der Waals surface area contributed by atoms with Gasteiger partial charge in [0.05, 0.1) is 0 Å². The highest BCUT2D eigenvalue weighted by Gasteiger charge is 2.06. The highest BCUT2D eigenvalue weighted by Crippen LogP contribution is 2.19. The third-order valence-corrected chi connectivity index (χ3v) is 3.06. The normalized spacial score (nSPS) is 11.0. The maximum atomic E-state index is 5.75. The van der Waals surface area contributed by atoms with Gasteiger partial charge in [0.25, 0.3) is 0 Å². The van der Waals surface area contributed by atoms with Crippen LogP contribution in [0.15, 0.2) is 46.9 Å². The van der Waals surface area contributed by atoms with Crippen LogP contribution in [-0.2, 0) is 6.42 Å². The Labute approximate surface area is 106 Å². The molecule has 2 heteroatoms. The predicted octanol–water partition coefficient (Wildman–Crippen LogP) is 4.04. The Kier molecular flexibility index (Phi) is 2.63. The van der Waals surface area contributed by atoms with Crippen LogP contribution in [-0.4, -0.2) is 4.98 Å². The van der Waals surface area contributed by atoms with Gasteiger partial charge in [0.1, 0.15) is 5.52 Å². The van der Waals surface area contributed by atoms with Crippen molar-refractivity contribution in [2.75, 3.05) is 0 Å². The zero-order chi connectivity index (χ0) is 12.5. The molecule has 1 heterocycles. The number of hydrogen-bond donors (Lipinski definition) is 0. The fourth-order valence-corrected chi connectivity index (χ4v) is 2.04. The first-order valence-electron chi connectivity index (χ1n) is 6.12. The van der Waals surface area contributed by atoms with E-state index in [1.54, 1.807) is 0 Å². The van der Waals surface area contributed by atoms with E-state index in [9.17, 15) is 0 Å². The summed E-state index contributed by atoms with van der Waals surface area (Å²) in [6.45, 7) is 4.15. The van der Waals surface area contributed by atoms with Crippen molar-refractivity contribution in [2.24, 2.45) is 0 Å². The predicted molar refractivity (Wildman–Crippen MR) is 72.7 cm³/mol. The number of hydrogen-bond acceptors (Lipinski definition) is 2. The summed E-state index contributed by atoms with van der Waals surface area (Å²) in [6, 6.07) is 14.5. The molecule has 0 spiro atoms. The van der Waals surface area contributed by atoms with Crippen molar-refractivity contribution in [1.29, 1.82) is 0 Å². The molecule has 0 radical (unpaired) electrons. The molecule has 0 N–H and O–H groups in total. The smallest absolute Gasteiger partial charge is 0.199 e. The van der Waals surface area contributed by atoms with Crippen LogP contribution in [0.25, 0.3) is 11.1 Å². The summed E-state index contributed by atoms with van der Waals surface area (Å²) in [5.74, 6) is 0.777. The maximum Gasteiger partial charge on any atom is 0.199 e. The van der Waals surface area contributed by atoms with Crippen molar-refractivity contribution < 1.29 is 4.42 Å². The molecule has 0 aliphatic heterocycles. The van der Waals surface area contributed by atoms with Gasteiger partial charge in [-0.25, -0.2) is 4.98 Å². The van der Waals surface area contributed by atoms with Gasteiger partial charge in [0, 0.05) is 6.42 Å². The van der Waals surface area contributed by atoms with Crippen LogP contribution >= 0.6 is 0 Å². The standard InChI is InChI=1S/C16H15NO/c1-11-3-6-13(7-4-11)10-16-17-14-9-12(2)5-8-15(14)18-16/h3-9H,10H2,1-2H3. The molecule has 0 saturated heterocycles. The maximum absolute atomic E-state index is 5.75. The van der Waals surface area contributed by atoms with E-state index < -0.39 is 0 Å². The Balaban J connectivity index is 1.92. The van der Waals surface area contributed by atoms with Crippen molar-refractivity contribution in [3.8, 4) is 0 Å². The number of aromatic nitrogens is 1. The van der Waals surface area contributed by atoms with Gasteiger partial charge in [-0.15, -0.1) is 0 Å². The topological polar surface area (TPSA) is 26.0 Å². The van der Waals surface area contributed by atoms with Crippen LogP contribution in [0.4, 0.5) is 0 Å². The Bertz CT molecular complexity index is 680. The van der Waals surface area contributed by atoms with Crippen LogP contribution < -0.4 is 0 Å². The molecule has 3 aromatic rings. The van der Waals surface area contributed by atoms with Gasteiger partial charge in [0.2, 0.25) is 0 Å². The van der Waals surface area contributed by atoms with Crippen molar-refractivity contribution in [1.82, 2.24) is 4.98 Å². The fourth-order valence-electron chi connectivity index (χ4n) is 2.04. The average Bonchev–Trinajstić information content (AvgIpc) is 2.73. The highest BCUT2D eigenvalue weighted by atomic mass is 16.3. The van der Waals surface area contributed by atoms with Gasteiger partial charge in [-0.3, -0.25) is 0 Å². The monoisotopic (exact) mass is 237 g/mol. The van der Waals surface area contributed by atoms with Crippen molar-refractivity contribution in [3.63, 3.8) is 0 Å². The third-order valence-electron chi connectivity index (χ3n) is 3.06. The minimum Gasteiger partial charge on any atom is -0.440 e. The minimum absolute atomic E-state index is 0.744. The molecule has 3 rings (SSSR count).